The molecule has 0 saturated heterocycles. The molecular weight excluding hydrogens is 239 g/mol. The van der Waals surface area contributed by atoms with E-state index in [1.54, 1.807) is 0 Å². The molecular formula is C11H12N2Se. The van der Waals surface area contributed by atoms with Crippen LogP contribution in [-0.4, -0.2) is 26.2 Å². The van der Waals surface area contributed by atoms with Crippen molar-refractivity contribution in [1.29, 1.82) is 0 Å². The van der Waals surface area contributed by atoms with Crippen molar-refractivity contribution in [3.05, 3.63) is 46.9 Å². The van der Waals surface area contributed by atoms with Gasteiger partial charge < -0.3 is 0 Å². The minimum absolute atomic E-state index is 0.370. The summed E-state index contributed by atoms with van der Waals surface area (Å²) in [6, 6.07) is 10.4. The van der Waals surface area contributed by atoms with Crippen molar-refractivity contribution >= 4 is 19.7 Å². The van der Waals surface area contributed by atoms with E-state index in [2.05, 4.69) is 41.2 Å². The van der Waals surface area contributed by atoms with Crippen molar-refractivity contribution in [1.82, 2.24) is 5.32 Å². The van der Waals surface area contributed by atoms with Crippen LogP contribution in [0.15, 0.2) is 46.4 Å². The Morgan fingerprint density at radius 2 is 2.14 bits per heavy atom. The summed E-state index contributed by atoms with van der Waals surface area (Å²) < 4.78 is 2.39. The normalized spacial score (nSPS) is 15.4. The van der Waals surface area contributed by atoms with Crippen LogP contribution < -0.4 is 5.32 Å². The molecule has 3 heteroatoms. The van der Waals surface area contributed by atoms with Crippen molar-refractivity contribution < 1.29 is 0 Å². The van der Waals surface area contributed by atoms with Gasteiger partial charge in [0.25, 0.3) is 0 Å². The van der Waals surface area contributed by atoms with Gasteiger partial charge in [-0.3, -0.25) is 0 Å². The Morgan fingerprint density at radius 1 is 1.36 bits per heavy atom. The average molecular weight is 251 g/mol. The number of nitrogens with one attached hydrogen (secondary N) is 1. The Balaban J connectivity index is 1.86. The fourth-order valence-electron chi connectivity index (χ4n) is 1.23. The van der Waals surface area contributed by atoms with Crippen LogP contribution in [0.2, 0.25) is 0 Å². The Labute approximate surface area is 90.3 Å². The summed E-state index contributed by atoms with van der Waals surface area (Å²) in [5.74, 6) is 0. The quantitative estimate of drug-likeness (QED) is 0.789. The third-order valence-corrected chi connectivity index (χ3v) is 3.78. The predicted molar refractivity (Wildman–Crippen MR) is 60.5 cm³/mol. The summed E-state index contributed by atoms with van der Waals surface area (Å²) >= 11 is 0.370. The summed E-state index contributed by atoms with van der Waals surface area (Å²) in [4.78, 5) is 4.37. The second-order valence-corrected chi connectivity index (χ2v) is 5.55. The Kier molecular flexibility index (Phi) is 3.02. The molecule has 1 aliphatic heterocycles. The molecule has 1 aliphatic rings. The molecule has 2 rings (SSSR count). The summed E-state index contributed by atoms with van der Waals surface area (Å²) in [7, 11) is 0. The number of hydrogen-bond donors (Lipinski definition) is 1. The van der Waals surface area contributed by atoms with Gasteiger partial charge in [0.2, 0.25) is 0 Å². The fraction of sp³-hybridized carbons (Fsp3) is 0.182. The van der Waals surface area contributed by atoms with E-state index >= 15 is 0 Å². The van der Waals surface area contributed by atoms with Gasteiger partial charge in [-0.05, 0) is 0 Å². The fourth-order valence-corrected chi connectivity index (χ4v) is 2.65. The zero-order valence-electron chi connectivity index (χ0n) is 7.86. The first-order chi connectivity index (χ1) is 6.84. The molecule has 0 spiro atoms. The molecule has 0 amide bonds. The van der Waals surface area contributed by atoms with Crippen LogP contribution >= 0.6 is 0 Å². The second-order valence-electron chi connectivity index (χ2n) is 3.10. The first-order valence-corrected chi connectivity index (χ1v) is 6.24. The number of hydrogen-bond acceptors (Lipinski definition) is 2. The first-order valence-electron chi connectivity index (χ1n) is 4.52. The maximum atomic E-state index is 4.37. The van der Waals surface area contributed by atoms with Crippen molar-refractivity contribution in [2.75, 3.05) is 6.54 Å². The molecule has 0 aliphatic carbocycles. The van der Waals surface area contributed by atoms with Gasteiger partial charge in [-0.15, -0.1) is 0 Å². The van der Waals surface area contributed by atoms with Gasteiger partial charge in [-0.2, -0.15) is 0 Å². The monoisotopic (exact) mass is 252 g/mol. The van der Waals surface area contributed by atoms with Gasteiger partial charge in [0, 0.05) is 0 Å². The molecule has 0 saturated carbocycles. The molecule has 0 aromatic heterocycles. The van der Waals surface area contributed by atoms with Crippen molar-refractivity contribution in [2.45, 2.75) is 6.54 Å². The number of benzene rings is 1. The van der Waals surface area contributed by atoms with Crippen LogP contribution in [0.4, 0.5) is 0 Å². The summed E-state index contributed by atoms with van der Waals surface area (Å²) in [5.41, 5.74) is 1.29. The summed E-state index contributed by atoms with van der Waals surface area (Å²) in [6.07, 6.45) is 0. The maximum absolute atomic E-state index is 4.37. The average Bonchev–Trinajstić information content (AvgIpc) is 2.63. The van der Waals surface area contributed by atoms with E-state index < -0.39 is 0 Å². The van der Waals surface area contributed by atoms with Crippen LogP contribution in [0.1, 0.15) is 5.56 Å². The molecule has 0 atom stereocenters. The third-order valence-electron chi connectivity index (χ3n) is 1.93. The molecule has 0 unspecified atom stereocenters. The zero-order valence-corrected chi connectivity index (χ0v) is 9.58. The topological polar surface area (TPSA) is 24.4 Å². The molecule has 0 radical (unpaired) electrons. The third kappa shape index (κ3) is 2.47. The summed E-state index contributed by atoms with van der Waals surface area (Å²) in [6.45, 7) is 5.62. The molecule has 1 aromatic rings. The molecule has 2 nitrogen and oxygen atoms in total. The minimum atomic E-state index is 0.370. The van der Waals surface area contributed by atoms with Crippen LogP contribution in [-0.2, 0) is 6.54 Å². The van der Waals surface area contributed by atoms with E-state index in [4.69, 9.17) is 0 Å². The number of rotatable bonds is 2. The van der Waals surface area contributed by atoms with Gasteiger partial charge in [0.05, 0.1) is 0 Å². The molecule has 1 aromatic carbocycles. The summed E-state index contributed by atoms with van der Waals surface area (Å²) in [5, 5.41) is 3.35. The van der Waals surface area contributed by atoms with Crippen LogP contribution in [0.5, 0.6) is 0 Å². The number of aliphatic imine (C=N–C) groups is 1. The van der Waals surface area contributed by atoms with E-state index in [9.17, 15) is 0 Å². The molecule has 0 fully saturated rings. The zero-order chi connectivity index (χ0) is 9.80. The Morgan fingerprint density at radius 3 is 2.79 bits per heavy atom. The van der Waals surface area contributed by atoms with Crippen molar-refractivity contribution in [3.63, 3.8) is 0 Å². The van der Waals surface area contributed by atoms with E-state index in [-0.39, 0.29) is 0 Å². The van der Waals surface area contributed by atoms with Crippen LogP contribution in [0.3, 0.4) is 0 Å². The van der Waals surface area contributed by atoms with Crippen molar-refractivity contribution in [2.24, 2.45) is 4.99 Å². The number of nitrogens with zero attached hydrogens (tertiary/aromatic N) is 1. The van der Waals surface area contributed by atoms with E-state index in [1.807, 2.05) is 6.07 Å². The number of amidine groups is 1. The molecule has 1 N–H and O–H groups in total. The van der Waals surface area contributed by atoms with Gasteiger partial charge >= 0.3 is 90.0 Å². The Hall–Kier alpha value is -1.05. The SMILES string of the molecule is C=C1CN=C(NCc2ccccc2)[Se]1. The van der Waals surface area contributed by atoms with Gasteiger partial charge in [-0.1, -0.05) is 0 Å². The van der Waals surface area contributed by atoms with E-state index in [0.29, 0.717) is 15.0 Å². The predicted octanol–water partition coefficient (Wildman–Crippen LogP) is 1.36. The molecule has 0 bridgehead atoms. The van der Waals surface area contributed by atoms with Crippen molar-refractivity contribution in [3.8, 4) is 0 Å². The van der Waals surface area contributed by atoms with Crippen LogP contribution in [0, 0.1) is 0 Å². The molecule has 72 valence electrons. The van der Waals surface area contributed by atoms with Crippen LogP contribution in [0.25, 0.3) is 0 Å². The van der Waals surface area contributed by atoms with Gasteiger partial charge in [0.1, 0.15) is 0 Å². The second kappa shape index (κ2) is 4.45. The first kappa shape index (κ1) is 9.50. The van der Waals surface area contributed by atoms with Gasteiger partial charge in [-0.25, -0.2) is 0 Å². The Bertz CT molecular complexity index is 357. The molecule has 14 heavy (non-hydrogen) atoms. The van der Waals surface area contributed by atoms with E-state index in [0.717, 1.165) is 17.8 Å². The molecule has 1 heterocycles. The van der Waals surface area contributed by atoms with Gasteiger partial charge in [0.15, 0.2) is 0 Å². The standard InChI is InChI=1S/C11H12N2Se/c1-9-7-12-11(14-9)13-8-10-5-3-2-4-6-10/h2-6H,1,7-8H2,(H,12,13). The van der Waals surface area contributed by atoms with E-state index in [1.165, 1.54) is 10.0 Å².